The largest absolute Gasteiger partial charge is 0.285 e. The van der Waals surface area contributed by atoms with E-state index in [1.165, 1.54) is 9.21 Å². The highest BCUT2D eigenvalue weighted by atomic mass is 127. The lowest BCUT2D eigenvalue weighted by atomic mass is 11.0. The van der Waals surface area contributed by atoms with E-state index < -0.39 is 0 Å². The van der Waals surface area contributed by atoms with Gasteiger partial charge in [-0.3, -0.25) is 3.97 Å². The summed E-state index contributed by atoms with van der Waals surface area (Å²) in [6, 6.07) is 0. The Morgan fingerprint density at radius 2 is 2.43 bits per heavy atom. The molecule has 0 spiro atoms. The lowest BCUT2D eigenvalue weighted by Gasteiger charge is -1.96. The van der Waals surface area contributed by atoms with Gasteiger partial charge in [-0.05, 0) is 6.92 Å². The molecule has 1 nitrogen and oxygen atoms in total. The van der Waals surface area contributed by atoms with Crippen molar-refractivity contribution in [2.75, 3.05) is 0 Å². The van der Waals surface area contributed by atoms with E-state index in [1.54, 1.807) is 0 Å². The van der Waals surface area contributed by atoms with Gasteiger partial charge in [0.2, 0.25) is 0 Å². The first-order valence-electron chi connectivity index (χ1n) is 1.61. The Balaban J connectivity index is 2.68. The van der Waals surface area contributed by atoms with Crippen molar-refractivity contribution in [2.45, 2.75) is 10.6 Å². The molecule has 44 valence electrons. The number of rotatable bonds is 3. The molecule has 0 heterocycles. The third-order valence-electron chi connectivity index (χ3n) is 0.242. The fourth-order valence-electron chi connectivity index (χ4n) is 0.0845. The van der Waals surface area contributed by atoms with E-state index in [4.69, 9.17) is 3.97 Å². The Labute approximate surface area is 75.5 Å². The van der Waals surface area contributed by atoms with Crippen LogP contribution in [0, 0.1) is 0 Å². The van der Waals surface area contributed by atoms with E-state index in [-0.39, 0.29) is 0 Å². The van der Waals surface area contributed by atoms with Crippen LogP contribution < -0.4 is 0 Å². The topological polar surface area (TPSA) is 9.23 Å². The predicted octanol–water partition coefficient (Wildman–Crippen LogP) is 3.38. The van der Waals surface area contributed by atoms with Gasteiger partial charge in [0.05, 0.1) is 12.9 Å². The van der Waals surface area contributed by atoms with Crippen molar-refractivity contribution in [3.05, 3.63) is 0 Å². The smallest absolute Gasteiger partial charge is 0.0686 e. The molecule has 5 heteroatoms. The molecule has 0 N–H and O–H groups in total. The van der Waals surface area contributed by atoms with Gasteiger partial charge in [0, 0.05) is 30.0 Å². The Morgan fingerprint density at radius 3 is 2.57 bits per heavy atom. The Kier molecular flexibility index (Phi) is 8.31. The van der Waals surface area contributed by atoms with Gasteiger partial charge in [0.1, 0.15) is 0 Å². The molecule has 0 aliphatic carbocycles. The second kappa shape index (κ2) is 6.32. The molecule has 0 saturated heterocycles. The van der Waals surface area contributed by atoms with Gasteiger partial charge in [0.15, 0.2) is 0 Å². The molecule has 2 unspecified atom stereocenters. The predicted molar refractivity (Wildman–Crippen MR) is 54.5 cm³/mol. The number of alkyl halides is 1. The van der Waals surface area contributed by atoms with Gasteiger partial charge >= 0.3 is 0 Å². The molecule has 0 aromatic carbocycles. The van der Waals surface area contributed by atoms with Crippen molar-refractivity contribution < 1.29 is 3.97 Å². The average Bonchev–Trinajstić information content (AvgIpc) is 1.61. The lowest BCUT2D eigenvalue weighted by molar-refractivity contribution is 0.753. The summed E-state index contributed by atoms with van der Waals surface area (Å²) >= 11 is 4.46. The molecule has 0 rings (SSSR count). The normalized spacial score (nSPS) is 15.9. The van der Waals surface area contributed by atoms with Gasteiger partial charge in [-0.1, -0.05) is 22.6 Å². The van der Waals surface area contributed by atoms with Crippen LogP contribution in [0.25, 0.3) is 0 Å². The minimum atomic E-state index is 0.631. The van der Waals surface area contributed by atoms with Crippen LogP contribution in [-0.4, -0.2) is 3.67 Å². The highest BCUT2D eigenvalue weighted by molar-refractivity contribution is 14.2. The van der Waals surface area contributed by atoms with Crippen molar-refractivity contribution >= 4 is 61.8 Å². The quantitative estimate of drug-likeness (QED) is 0.330. The van der Waals surface area contributed by atoms with E-state index in [2.05, 4.69) is 50.7 Å². The summed E-state index contributed by atoms with van der Waals surface area (Å²) in [5, 5.41) is 0. The first-order valence-corrected chi connectivity index (χ1v) is 7.12. The zero-order chi connectivity index (χ0) is 5.70. The average molecular weight is 362 g/mol. The third-order valence-corrected chi connectivity index (χ3v) is 3.58. The molecular formula is C2H5I2OPS. The van der Waals surface area contributed by atoms with Crippen molar-refractivity contribution in [2.24, 2.45) is 0 Å². The molecule has 0 bridgehead atoms. The van der Waals surface area contributed by atoms with Crippen molar-refractivity contribution in [1.29, 1.82) is 0 Å². The van der Waals surface area contributed by atoms with Gasteiger partial charge in [-0.15, -0.1) is 0 Å². The molecule has 0 radical (unpaired) electrons. The molecule has 0 aromatic rings. The maximum atomic E-state index is 5.02. The van der Waals surface area contributed by atoms with Crippen LogP contribution in [0.4, 0.5) is 0 Å². The summed E-state index contributed by atoms with van der Waals surface area (Å²) in [5.74, 6) is 0. The van der Waals surface area contributed by atoms with Crippen LogP contribution in [0.2, 0.25) is 0 Å². The van der Waals surface area contributed by atoms with Crippen LogP contribution in [-0.2, 0) is 3.97 Å². The van der Waals surface area contributed by atoms with Gasteiger partial charge in [-0.2, -0.15) is 0 Å². The van der Waals surface area contributed by atoms with Gasteiger partial charge < -0.3 is 0 Å². The molecule has 0 aromatic heterocycles. The number of hydrogen-bond donors (Lipinski definition) is 0. The van der Waals surface area contributed by atoms with Crippen molar-refractivity contribution in [3.63, 3.8) is 0 Å². The first kappa shape index (κ1) is 9.20. The van der Waals surface area contributed by atoms with Crippen LogP contribution in [0.15, 0.2) is 0 Å². The second-order valence-corrected chi connectivity index (χ2v) is 6.90. The molecule has 0 saturated carbocycles. The first-order chi connectivity index (χ1) is 3.27. The maximum absolute atomic E-state index is 5.02. The molecule has 0 fully saturated rings. The van der Waals surface area contributed by atoms with Crippen LogP contribution in [0.3, 0.4) is 0 Å². The fourth-order valence-corrected chi connectivity index (χ4v) is 2.63. The lowest BCUT2D eigenvalue weighted by Crippen LogP contribution is -1.71. The maximum Gasteiger partial charge on any atom is 0.0686 e. The molecule has 0 aliphatic rings. The van der Waals surface area contributed by atoms with Crippen LogP contribution in [0.5, 0.6) is 0 Å². The van der Waals surface area contributed by atoms with E-state index >= 15 is 0 Å². The van der Waals surface area contributed by atoms with Gasteiger partial charge in [0.25, 0.3) is 0 Å². The van der Waals surface area contributed by atoms with Gasteiger partial charge in [-0.25, -0.2) is 0 Å². The highest BCUT2D eigenvalue weighted by Crippen LogP contribution is 2.33. The number of halogens is 2. The summed E-state index contributed by atoms with van der Waals surface area (Å²) in [5.41, 5.74) is 0. The fraction of sp³-hybridized carbons (Fsp3) is 1.00. The van der Waals surface area contributed by atoms with E-state index in [1.807, 2.05) is 0 Å². The molecule has 2 atom stereocenters. The summed E-state index contributed by atoms with van der Waals surface area (Å²) in [4.78, 5) is 0. The standard InChI is InChI=1S/C2H5I2OPS/c1-2(3)6-5-7-4/h2,6H,1H3. The summed E-state index contributed by atoms with van der Waals surface area (Å²) in [6.07, 6.45) is 0. The Hall–Kier alpha value is 2.20. The van der Waals surface area contributed by atoms with E-state index in [0.717, 1.165) is 0 Å². The number of hydrogen-bond acceptors (Lipinski definition) is 2. The Morgan fingerprint density at radius 1 is 1.86 bits per heavy atom. The minimum absolute atomic E-state index is 0.631. The zero-order valence-corrected chi connectivity index (χ0v) is 9.78. The Bertz CT molecular complexity index is 44.7. The van der Waals surface area contributed by atoms with Crippen molar-refractivity contribution in [3.8, 4) is 0 Å². The molecule has 0 aliphatic heterocycles. The summed E-state index contributed by atoms with van der Waals surface area (Å²) in [7, 11) is 2.04. The monoisotopic (exact) mass is 362 g/mol. The zero-order valence-electron chi connectivity index (χ0n) is 3.65. The molecular weight excluding hydrogens is 357 g/mol. The summed E-state index contributed by atoms with van der Waals surface area (Å²) < 4.78 is 5.67. The van der Waals surface area contributed by atoms with Crippen molar-refractivity contribution in [1.82, 2.24) is 0 Å². The molecule has 7 heavy (non-hydrogen) atoms. The minimum Gasteiger partial charge on any atom is -0.285 e. The summed E-state index contributed by atoms with van der Waals surface area (Å²) in [6.45, 7) is 2.13. The van der Waals surface area contributed by atoms with Crippen LogP contribution >= 0.6 is 61.8 Å². The second-order valence-electron chi connectivity index (χ2n) is 0.880. The highest BCUT2D eigenvalue weighted by Gasteiger charge is 1.92. The third kappa shape index (κ3) is 8.20. The molecule has 0 amide bonds. The van der Waals surface area contributed by atoms with E-state index in [0.29, 0.717) is 12.5 Å². The SMILES string of the molecule is CC(I)POSI. The van der Waals surface area contributed by atoms with E-state index in [9.17, 15) is 0 Å². The van der Waals surface area contributed by atoms with Crippen LogP contribution in [0.1, 0.15) is 6.92 Å².